The molecule has 2 aliphatic rings. The minimum Gasteiger partial charge on any atom is -0.493 e. The van der Waals surface area contributed by atoms with E-state index in [1.54, 1.807) is 19.2 Å². The van der Waals surface area contributed by atoms with Crippen LogP contribution in [0.25, 0.3) is 0 Å². The van der Waals surface area contributed by atoms with Gasteiger partial charge in [0.15, 0.2) is 11.5 Å². The van der Waals surface area contributed by atoms with E-state index in [0.29, 0.717) is 29.6 Å². The molecule has 1 aromatic carbocycles. The Morgan fingerprint density at radius 2 is 2.10 bits per heavy atom. The molecule has 2 aliphatic heterocycles. The first-order valence-corrected chi connectivity index (χ1v) is 10.0. The zero-order chi connectivity index (χ0) is 21.1. The number of piperidine rings is 1. The predicted octanol–water partition coefficient (Wildman–Crippen LogP) is 2.36. The van der Waals surface area contributed by atoms with E-state index in [-0.39, 0.29) is 24.3 Å². The molecule has 0 radical (unpaired) electrons. The second kappa shape index (κ2) is 8.79. The highest BCUT2D eigenvalue weighted by atomic mass is 16.5. The fourth-order valence-electron chi connectivity index (χ4n) is 4.13. The zero-order valence-corrected chi connectivity index (χ0v) is 17.2. The molecule has 0 saturated carbocycles. The van der Waals surface area contributed by atoms with Gasteiger partial charge < -0.3 is 23.9 Å². The van der Waals surface area contributed by atoms with Crippen LogP contribution in [-0.4, -0.2) is 50.1 Å². The number of amides is 1. The molecule has 3 heterocycles. The average molecular weight is 414 g/mol. The molecule has 2 fully saturated rings. The Bertz CT molecular complexity index is 924. The van der Waals surface area contributed by atoms with Crippen molar-refractivity contribution >= 4 is 11.9 Å². The Balaban J connectivity index is 1.36. The molecule has 1 amide bonds. The number of rotatable bonds is 7. The van der Waals surface area contributed by atoms with Crippen LogP contribution < -0.4 is 14.8 Å². The Morgan fingerprint density at radius 1 is 1.23 bits per heavy atom. The van der Waals surface area contributed by atoms with Gasteiger partial charge in [0.2, 0.25) is 11.7 Å². The third-order valence-electron chi connectivity index (χ3n) is 5.69. The maximum Gasteiger partial charge on any atom is 0.373 e. The van der Waals surface area contributed by atoms with Crippen molar-refractivity contribution < 1.29 is 28.2 Å². The van der Waals surface area contributed by atoms with Crippen molar-refractivity contribution in [3.05, 3.63) is 47.4 Å². The van der Waals surface area contributed by atoms with Crippen molar-refractivity contribution in [1.82, 2.24) is 10.2 Å². The summed E-state index contributed by atoms with van der Waals surface area (Å²) < 4.78 is 21.4. The summed E-state index contributed by atoms with van der Waals surface area (Å²) in [5.74, 6) is 2.01. The van der Waals surface area contributed by atoms with Crippen LogP contribution >= 0.6 is 0 Å². The third-order valence-corrected chi connectivity index (χ3v) is 5.69. The first-order chi connectivity index (χ1) is 14.6. The number of benzene rings is 1. The molecule has 0 spiro atoms. The fraction of sp³-hybridized carbons (Fsp3) is 0.455. The van der Waals surface area contributed by atoms with Crippen LogP contribution in [0.1, 0.15) is 34.7 Å². The highest BCUT2D eigenvalue weighted by Crippen LogP contribution is 2.31. The van der Waals surface area contributed by atoms with Crippen LogP contribution in [0.3, 0.4) is 0 Å². The normalized spacial score (nSPS) is 21.1. The number of hydrogen-bond acceptors (Lipinski definition) is 7. The third kappa shape index (κ3) is 4.43. The number of furan rings is 1. The van der Waals surface area contributed by atoms with E-state index in [4.69, 9.17) is 13.9 Å². The molecular weight excluding hydrogens is 388 g/mol. The van der Waals surface area contributed by atoms with Gasteiger partial charge in [-0.15, -0.1) is 0 Å². The Hall–Kier alpha value is -3.00. The van der Waals surface area contributed by atoms with Crippen molar-refractivity contribution in [2.24, 2.45) is 5.92 Å². The SMILES string of the molecule is COC(=O)c1ccc(COc2ccc(CN3CC[C@@H]4CC(=O)N[C@@H]4C3)cc2OC)o1. The fourth-order valence-corrected chi connectivity index (χ4v) is 4.13. The van der Waals surface area contributed by atoms with Crippen LogP contribution in [-0.2, 0) is 22.7 Å². The minimum absolute atomic E-state index is 0.139. The molecule has 2 saturated heterocycles. The van der Waals surface area contributed by atoms with Gasteiger partial charge in [0.1, 0.15) is 12.4 Å². The van der Waals surface area contributed by atoms with Gasteiger partial charge in [0.05, 0.1) is 14.2 Å². The van der Waals surface area contributed by atoms with E-state index in [2.05, 4.69) is 15.0 Å². The molecule has 0 aliphatic carbocycles. The standard InChI is InChI=1S/C22H26N2O6/c1-27-20-9-14(11-24-8-7-15-10-21(25)23-17(15)12-24)3-5-18(20)29-13-16-4-6-19(30-16)22(26)28-2/h3-6,9,15,17H,7-8,10-13H2,1-2H3,(H,23,25)/t15-,17-/m1/s1. The Labute approximate surface area is 175 Å². The summed E-state index contributed by atoms with van der Waals surface area (Å²) in [5.41, 5.74) is 1.12. The number of nitrogens with zero attached hydrogens (tertiary/aromatic N) is 1. The molecular formula is C22H26N2O6. The number of ether oxygens (including phenoxy) is 3. The van der Waals surface area contributed by atoms with E-state index in [1.165, 1.54) is 7.11 Å². The maximum atomic E-state index is 11.6. The summed E-state index contributed by atoms with van der Waals surface area (Å²) in [6.45, 7) is 2.81. The molecule has 160 valence electrons. The molecule has 1 N–H and O–H groups in total. The molecule has 8 heteroatoms. The van der Waals surface area contributed by atoms with Gasteiger partial charge in [-0.25, -0.2) is 4.79 Å². The monoisotopic (exact) mass is 414 g/mol. The first-order valence-electron chi connectivity index (χ1n) is 10.0. The molecule has 0 bridgehead atoms. The van der Waals surface area contributed by atoms with Crippen LogP contribution in [0, 0.1) is 5.92 Å². The van der Waals surface area contributed by atoms with Crippen molar-refractivity contribution in [1.29, 1.82) is 0 Å². The number of fused-ring (bicyclic) bond motifs is 1. The number of carbonyl (C=O) groups excluding carboxylic acids is 2. The second-order valence-corrected chi connectivity index (χ2v) is 7.69. The largest absolute Gasteiger partial charge is 0.493 e. The summed E-state index contributed by atoms with van der Waals surface area (Å²) in [4.78, 5) is 25.5. The topological polar surface area (TPSA) is 90.2 Å². The Kier molecular flexibility index (Phi) is 5.94. The highest BCUT2D eigenvalue weighted by molar-refractivity contribution is 5.86. The van der Waals surface area contributed by atoms with E-state index in [1.807, 2.05) is 18.2 Å². The smallest absolute Gasteiger partial charge is 0.373 e. The number of methoxy groups -OCH3 is 2. The summed E-state index contributed by atoms with van der Waals surface area (Å²) in [6, 6.07) is 9.36. The number of hydrogen-bond donors (Lipinski definition) is 1. The maximum absolute atomic E-state index is 11.6. The summed E-state index contributed by atoms with van der Waals surface area (Å²) in [6.07, 6.45) is 1.70. The van der Waals surface area contributed by atoms with Crippen molar-refractivity contribution in [2.75, 3.05) is 27.3 Å². The molecule has 4 rings (SSSR count). The number of likely N-dealkylation sites (tertiary alicyclic amines) is 1. The van der Waals surface area contributed by atoms with Crippen LogP contribution in [0.4, 0.5) is 0 Å². The molecule has 30 heavy (non-hydrogen) atoms. The van der Waals surface area contributed by atoms with Gasteiger partial charge in [-0.1, -0.05) is 6.07 Å². The van der Waals surface area contributed by atoms with Gasteiger partial charge in [-0.2, -0.15) is 0 Å². The van der Waals surface area contributed by atoms with E-state index in [9.17, 15) is 9.59 Å². The van der Waals surface area contributed by atoms with Crippen LogP contribution in [0.5, 0.6) is 11.5 Å². The van der Waals surface area contributed by atoms with Gasteiger partial charge >= 0.3 is 5.97 Å². The lowest BCUT2D eigenvalue weighted by molar-refractivity contribution is -0.119. The molecule has 8 nitrogen and oxygen atoms in total. The summed E-state index contributed by atoms with van der Waals surface area (Å²) in [5, 5.41) is 3.08. The van der Waals surface area contributed by atoms with Crippen LogP contribution in [0.15, 0.2) is 34.7 Å². The lowest BCUT2D eigenvalue weighted by Crippen LogP contribution is -2.46. The highest BCUT2D eigenvalue weighted by Gasteiger charge is 2.36. The van der Waals surface area contributed by atoms with Crippen molar-refractivity contribution in [2.45, 2.75) is 32.0 Å². The lowest BCUT2D eigenvalue weighted by Gasteiger charge is -2.34. The molecule has 2 aromatic rings. The Morgan fingerprint density at radius 3 is 2.90 bits per heavy atom. The number of nitrogens with one attached hydrogen (secondary N) is 1. The van der Waals surface area contributed by atoms with E-state index >= 15 is 0 Å². The van der Waals surface area contributed by atoms with Crippen molar-refractivity contribution in [3.8, 4) is 11.5 Å². The lowest BCUT2D eigenvalue weighted by atomic mass is 9.92. The number of esters is 1. The van der Waals surface area contributed by atoms with Gasteiger partial charge in [0.25, 0.3) is 0 Å². The van der Waals surface area contributed by atoms with Gasteiger partial charge in [0, 0.05) is 25.6 Å². The molecule has 1 aromatic heterocycles. The van der Waals surface area contributed by atoms with E-state index < -0.39 is 5.97 Å². The van der Waals surface area contributed by atoms with Gasteiger partial charge in [-0.3, -0.25) is 9.69 Å². The first kappa shape index (κ1) is 20.3. The number of carbonyl (C=O) groups is 2. The molecule has 2 atom stereocenters. The van der Waals surface area contributed by atoms with Gasteiger partial charge in [-0.05, 0) is 48.7 Å². The second-order valence-electron chi connectivity index (χ2n) is 7.69. The summed E-state index contributed by atoms with van der Waals surface area (Å²) in [7, 11) is 2.91. The predicted molar refractivity (Wildman–Crippen MR) is 107 cm³/mol. The van der Waals surface area contributed by atoms with Crippen LogP contribution in [0.2, 0.25) is 0 Å². The van der Waals surface area contributed by atoms with E-state index in [0.717, 1.165) is 31.6 Å². The minimum atomic E-state index is -0.524. The zero-order valence-electron chi connectivity index (χ0n) is 17.2. The summed E-state index contributed by atoms with van der Waals surface area (Å²) >= 11 is 0. The van der Waals surface area contributed by atoms with Crippen molar-refractivity contribution in [3.63, 3.8) is 0 Å². The average Bonchev–Trinajstić information content (AvgIpc) is 3.37. The quantitative estimate of drug-likeness (QED) is 0.696. The molecule has 0 unspecified atom stereocenters.